The van der Waals surface area contributed by atoms with Crippen LogP contribution < -0.4 is 10.2 Å². The number of ether oxygens (including phenoxy) is 1. The quantitative estimate of drug-likeness (QED) is 0.676. The van der Waals surface area contributed by atoms with Crippen molar-refractivity contribution in [1.29, 1.82) is 0 Å². The van der Waals surface area contributed by atoms with Gasteiger partial charge in [-0.05, 0) is 42.7 Å². The van der Waals surface area contributed by atoms with Crippen molar-refractivity contribution in [2.45, 2.75) is 25.9 Å². The third-order valence-corrected chi connectivity index (χ3v) is 4.97. The molecule has 0 spiro atoms. The largest absolute Gasteiger partial charge is 0.447 e. The molecule has 3 aromatic rings. The monoisotopic (exact) mass is 392 g/mol. The first kappa shape index (κ1) is 18.9. The number of carbonyl (C=O) groups excluding carboxylic acids is 1. The molecule has 0 radical (unpaired) electrons. The lowest BCUT2D eigenvalue weighted by molar-refractivity contribution is 0.179. The molecular formula is C22H21FN4O2. The number of hydrogen-bond acceptors (Lipinski definition) is 5. The second-order valence-corrected chi connectivity index (χ2v) is 6.99. The smallest absolute Gasteiger partial charge is 0.416 e. The maximum absolute atomic E-state index is 13.5. The molecule has 1 aliphatic rings. The molecule has 1 aromatic heterocycles. The van der Waals surface area contributed by atoms with Crippen molar-refractivity contribution >= 4 is 17.9 Å². The van der Waals surface area contributed by atoms with Crippen LogP contribution >= 0.6 is 0 Å². The molecule has 1 saturated heterocycles. The number of halogens is 1. The van der Waals surface area contributed by atoms with Crippen LogP contribution in [-0.2, 0) is 4.74 Å². The number of cyclic esters (lactones) is 1. The van der Waals surface area contributed by atoms with E-state index >= 15 is 0 Å². The summed E-state index contributed by atoms with van der Waals surface area (Å²) in [5.74, 6) is 0.600. The Morgan fingerprint density at radius 2 is 2.00 bits per heavy atom. The Kier molecular flexibility index (Phi) is 5.12. The van der Waals surface area contributed by atoms with Crippen LogP contribution in [0.4, 0.5) is 21.0 Å². The summed E-state index contributed by atoms with van der Waals surface area (Å²) in [4.78, 5) is 22.7. The average molecular weight is 392 g/mol. The Hall–Kier alpha value is -3.48. The lowest BCUT2D eigenvalue weighted by atomic mass is 10.1. The maximum Gasteiger partial charge on any atom is 0.416 e. The molecule has 1 aliphatic heterocycles. The second kappa shape index (κ2) is 7.87. The first-order valence-corrected chi connectivity index (χ1v) is 9.39. The Morgan fingerprint density at radius 1 is 1.21 bits per heavy atom. The number of aromatic nitrogens is 2. The average Bonchev–Trinajstić information content (AvgIpc) is 3.12. The predicted octanol–water partition coefficient (Wildman–Crippen LogP) is 4.80. The molecule has 6 nitrogen and oxygen atoms in total. The van der Waals surface area contributed by atoms with Crippen LogP contribution in [0.5, 0.6) is 0 Å². The summed E-state index contributed by atoms with van der Waals surface area (Å²) in [5, 5.41) is 3.21. The molecule has 2 heterocycles. The molecule has 148 valence electrons. The normalized spacial score (nSPS) is 17.1. The molecular weight excluding hydrogens is 371 g/mol. The van der Waals surface area contributed by atoms with Crippen LogP contribution in [0.3, 0.4) is 0 Å². The summed E-state index contributed by atoms with van der Waals surface area (Å²) in [6.45, 7) is 3.94. The van der Waals surface area contributed by atoms with E-state index in [1.54, 1.807) is 31.3 Å². The summed E-state index contributed by atoms with van der Waals surface area (Å²) < 4.78 is 18.8. The van der Waals surface area contributed by atoms with E-state index in [0.29, 0.717) is 17.3 Å². The summed E-state index contributed by atoms with van der Waals surface area (Å²) in [7, 11) is 0. The number of rotatable bonds is 5. The number of nitrogens with one attached hydrogen (secondary N) is 1. The van der Waals surface area contributed by atoms with Crippen LogP contribution in [0.15, 0.2) is 60.8 Å². The van der Waals surface area contributed by atoms with Gasteiger partial charge >= 0.3 is 6.09 Å². The third-order valence-electron chi connectivity index (χ3n) is 4.97. The van der Waals surface area contributed by atoms with E-state index in [1.807, 2.05) is 37.3 Å². The molecule has 0 saturated carbocycles. The van der Waals surface area contributed by atoms with Crippen LogP contribution in [0.1, 0.15) is 35.7 Å². The first-order chi connectivity index (χ1) is 14.0. The highest BCUT2D eigenvalue weighted by Crippen LogP contribution is 2.32. The van der Waals surface area contributed by atoms with Crippen LogP contribution in [0, 0.1) is 12.7 Å². The van der Waals surface area contributed by atoms with E-state index in [9.17, 15) is 9.18 Å². The van der Waals surface area contributed by atoms with Crippen molar-refractivity contribution in [3.63, 3.8) is 0 Å². The Bertz CT molecular complexity index is 1030. The minimum absolute atomic E-state index is 0.139. The molecule has 1 fully saturated rings. The second-order valence-electron chi connectivity index (χ2n) is 6.99. The van der Waals surface area contributed by atoms with Crippen LogP contribution in [0.2, 0.25) is 0 Å². The minimum Gasteiger partial charge on any atom is -0.447 e. The van der Waals surface area contributed by atoms with Crippen molar-refractivity contribution in [2.75, 3.05) is 16.8 Å². The van der Waals surface area contributed by atoms with Crippen LogP contribution in [-0.4, -0.2) is 22.7 Å². The van der Waals surface area contributed by atoms with E-state index in [-0.39, 0.29) is 24.5 Å². The number of benzene rings is 2. The minimum atomic E-state index is -0.439. The van der Waals surface area contributed by atoms with Crippen molar-refractivity contribution < 1.29 is 13.9 Å². The molecule has 7 heteroatoms. The molecule has 0 unspecified atom stereocenters. The molecule has 29 heavy (non-hydrogen) atoms. The molecule has 0 bridgehead atoms. The highest BCUT2D eigenvalue weighted by atomic mass is 19.1. The summed E-state index contributed by atoms with van der Waals surface area (Å²) >= 11 is 0. The van der Waals surface area contributed by atoms with E-state index < -0.39 is 6.09 Å². The van der Waals surface area contributed by atoms with Gasteiger partial charge in [0.2, 0.25) is 5.95 Å². The number of nitrogens with zero attached hydrogens (tertiary/aromatic N) is 3. The summed E-state index contributed by atoms with van der Waals surface area (Å²) in [5.41, 5.74) is 2.47. The zero-order chi connectivity index (χ0) is 20.4. The molecule has 4 rings (SSSR count). The molecule has 1 amide bonds. The predicted molar refractivity (Wildman–Crippen MR) is 108 cm³/mol. The van der Waals surface area contributed by atoms with Gasteiger partial charge in [-0.15, -0.1) is 0 Å². The molecule has 0 aliphatic carbocycles. The lowest BCUT2D eigenvalue weighted by Crippen LogP contribution is -2.28. The summed E-state index contributed by atoms with van der Waals surface area (Å²) in [6.07, 6.45) is 1.16. The van der Waals surface area contributed by atoms with Gasteiger partial charge in [0.1, 0.15) is 24.3 Å². The van der Waals surface area contributed by atoms with Gasteiger partial charge < -0.3 is 10.1 Å². The highest BCUT2D eigenvalue weighted by Gasteiger charge is 2.36. The molecule has 2 atom stereocenters. The number of anilines is 2. The van der Waals surface area contributed by atoms with Gasteiger partial charge in [0.05, 0.1) is 6.04 Å². The van der Waals surface area contributed by atoms with Gasteiger partial charge in [-0.3, -0.25) is 4.90 Å². The fraction of sp³-hybridized carbons (Fsp3) is 0.227. The zero-order valence-electron chi connectivity index (χ0n) is 16.2. The van der Waals surface area contributed by atoms with E-state index in [2.05, 4.69) is 15.3 Å². The van der Waals surface area contributed by atoms with Crippen molar-refractivity contribution in [3.05, 3.63) is 83.3 Å². The molecule has 2 aromatic carbocycles. The fourth-order valence-electron chi connectivity index (χ4n) is 3.36. The van der Waals surface area contributed by atoms with Crippen LogP contribution in [0.25, 0.3) is 0 Å². The van der Waals surface area contributed by atoms with Gasteiger partial charge in [0.15, 0.2) is 0 Å². The van der Waals surface area contributed by atoms with E-state index in [4.69, 9.17) is 4.74 Å². The topological polar surface area (TPSA) is 67.4 Å². The zero-order valence-corrected chi connectivity index (χ0v) is 16.2. The number of amides is 1. The highest BCUT2D eigenvalue weighted by molar-refractivity contribution is 5.89. The summed E-state index contributed by atoms with van der Waals surface area (Å²) in [6, 6.07) is 16.0. The standard InChI is InChI=1S/C22H21FN4O2/c1-14-12-17(8-9-18(14)23)15(2)25-21-24-11-10-20(26-21)27-19(13-29-22(27)28)16-6-4-3-5-7-16/h3-12,15,19H,13H2,1-2H3,(H,24,25,26)/t15-,19-/m0/s1. The Balaban J connectivity index is 1.57. The number of aryl methyl sites for hydroxylation is 1. The van der Waals surface area contributed by atoms with Crippen molar-refractivity contribution in [1.82, 2.24) is 9.97 Å². The lowest BCUT2D eigenvalue weighted by Gasteiger charge is -2.21. The number of hydrogen-bond donors (Lipinski definition) is 1. The van der Waals surface area contributed by atoms with Gasteiger partial charge in [-0.1, -0.05) is 42.5 Å². The third kappa shape index (κ3) is 3.89. The van der Waals surface area contributed by atoms with Gasteiger partial charge in [0.25, 0.3) is 0 Å². The van der Waals surface area contributed by atoms with Gasteiger partial charge in [0, 0.05) is 6.20 Å². The van der Waals surface area contributed by atoms with Gasteiger partial charge in [-0.2, -0.15) is 4.98 Å². The Morgan fingerprint density at radius 3 is 2.76 bits per heavy atom. The van der Waals surface area contributed by atoms with Gasteiger partial charge in [-0.25, -0.2) is 14.2 Å². The van der Waals surface area contributed by atoms with E-state index in [0.717, 1.165) is 11.1 Å². The van der Waals surface area contributed by atoms with Crippen molar-refractivity contribution in [3.8, 4) is 0 Å². The first-order valence-electron chi connectivity index (χ1n) is 9.39. The van der Waals surface area contributed by atoms with Crippen molar-refractivity contribution in [2.24, 2.45) is 0 Å². The van der Waals surface area contributed by atoms with E-state index in [1.165, 1.54) is 11.0 Å². The number of carbonyl (C=O) groups is 1. The fourth-order valence-corrected chi connectivity index (χ4v) is 3.36. The maximum atomic E-state index is 13.5. The molecule has 1 N–H and O–H groups in total. The Labute approximate surface area is 168 Å². The SMILES string of the molecule is Cc1cc([C@H](C)Nc2nccc(N3C(=O)OC[C@H]3c3ccccc3)n2)ccc1F.